The molecule has 3 heterocycles. The van der Waals surface area contributed by atoms with Gasteiger partial charge in [0.25, 0.3) is 0 Å². The van der Waals surface area contributed by atoms with Crippen molar-refractivity contribution < 1.29 is 4.74 Å². The quantitative estimate of drug-likeness (QED) is 0.465. The highest BCUT2D eigenvalue weighted by Gasteiger charge is 2.17. The van der Waals surface area contributed by atoms with E-state index in [1.54, 1.807) is 7.11 Å². The van der Waals surface area contributed by atoms with E-state index in [0.717, 1.165) is 48.6 Å². The molecule has 5 rings (SSSR count). The first kappa shape index (κ1) is 16.6. The molecule has 5 aromatic rings. The Morgan fingerprint density at radius 3 is 2.46 bits per heavy atom. The fourth-order valence-corrected chi connectivity index (χ4v) is 4.40. The van der Waals surface area contributed by atoms with E-state index in [9.17, 15) is 0 Å². The van der Waals surface area contributed by atoms with Crippen molar-refractivity contribution in [2.75, 3.05) is 12.8 Å². The third kappa shape index (κ3) is 2.66. The summed E-state index contributed by atoms with van der Waals surface area (Å²) in [4.78, 5) is 14.5. The lowest BCUT2D eigenvalue weighted by molar-refractivity contribution is 0.415. The molecule has 28 heavy (non-hydrogen) atoms. The molecule has 2 aromatic carbocycles. The number of rotatable bonds is 3. The summed E-state index contributed by atoms with van der Waals surface area (Å²) in [6.07, 6.45) is 1.51. The van der Waals surface area contributed by atoms with Crippen LogP contribution in [-0.4, -0.2) is 22.1 Å². The number of nitrogens with two attached hydrogens (primary N) is 1. The average molecular weight is 384 g/mol. The molecule has 0 aliphatic carbocycles. The number of ether oxygens (including phenoxy) is 1. The number of benzene rings is 2. The molecule has 3 aromatic heterocycles. The Kier molecular flexibility index (Phi) is 3.91. The van der Waals surface area contributed by atoms with Crippen LogP contribution in [0.5, 0.6) is 5.75 Å². The molecule has 0 spiro atoms. The van der Waals surface area contributed by atoms with Gasteiger partial charge in [-0.1, -0.05) is 42.5 Å². The van der Waals surface area contributed by atoms with E-state index in [-0.39, 0.29) is 0 Å². The van der Waals surface area contributed by atoms with Crippen molar-refractivity contribution in [3.8, 4) is 28.1 Å². The van der Waals surface area contributed by atoms with Gasteiger partial charge in [-0.05, 0) is 29.3 Å². The van der Waals surface area contributed by atoms with Gasteiger partial charge in [0.05, 0.1) is 23.0 Å². The van der Waals surface area contributed by atoms with Gasteiger partial charge in [-0.2, -0.15) is 0 Å². The Balaban J connectivity index is 1.86. The number of nitrogen functional groups attached to an aromatic ring is 1. The number of anilines is 1. The van der Waals surface area contributed by atoms with Gasteiger partial charge in [-0.15, -0.1) is 11.3 Å². The molecule has 0 aliphatic heterocycles. The summed E-state index contributed by atoms with van der Waals surface area (Å²) < 4.78 is 6.17. The molecule has 0 unspecified atom stereocenters. The first-order valence-electron chi connectivity index (χ1n) is 8.78. The Hall–Kier alpha value is -3.51. The molecular formula is C22H16N4OS. The van der Waals surface area contributed by atoms with E-state index in [2.05, 4.69) is 40.3 Å². The van der Waals surface area contributed by atoms with E-state index in [1.807, 2.05) is 30.3 Å². The van der Waals surface area contributed by atoms with Crippen molar-refractivity contribution in [2.45, 2.75) is 0 Å². The van der Waals surface area contributed by atoms with Crippen LogP contribution in [0.15, 0.2) is 67.0 Å². The minimum absolute atomic E-state index is 0.481. The van der Waals surface area contributed by atoms with Crippen molar-refractivity contribution >= 4 is 37.6 Å². The van der Waals surface area contributed by atoms with E-state index in [0.29, 0.717) is 5.82 Å². The van der Waals surface area contributed by atoms with Crippen LogP contribution < -0.4 is 10.5 Å². The van der Waals surface area contributed by atoms with Crippen molar-refractivity contribution in [3.05, 3.63) is 67.0 Å². The molecule has 6 heteroatoms. The number of fused-ring (bicyclic) bond motifs is 3. The lowest BCUT2D eigenvalue weighted by Crippen LogP contribution is -1.91. The molecular weight excluding hydrogens is 368 g/mol. The van der Waals surface area contributed by atoms with Gasteiger partial charge in [-0.25, -0.2) is 15.0 Å². The second-order valence-electron chi connectivity index (χ2n) is 6.37. The molecule has 0 saturated carbocycles. The largest absolute Gasteiger partial charge is 0.497 e. The van der Waals surface area contributed by atoms with E-state index < -0.39 is 0 Å². The van der Waals surface area contributed by atoms with Crippen LogP contribution in [0.4, 0.5) is 5.82 Å². The normalized spacial score (nSPS) is 11.2. The van der Waals surface area contributed by atoms with Crippen molar-refractivity contribution in [3.63, 3.8) is 0 Å². The lowest BCUT2D eigenvalue weighted by atomic mass is 10.00. The summed E-state index contributed by atoms with van der Waals surface area (Å²) >= 11 is 1.53. The zero-order valence-electron chi connectivity index (χ0n) is 15.1. The number of pyridine rings is 1. The Morgan fingerprint density at radius 2 is 1.71 bits per heavy atom. The molecule has 0 fully saturated rings. The van der Waals surface area contributed by atoms with Gasteiger partial charge in [0, 0.05) is 10.9 Å². The third-order valence-electron chi connectivity index (χ3n) is 4.72. The maximum absolute atomic E-state index is 6.11. The van der Waals surface area contributed by atoms with Crippen LogP contribution in [0.2, 0.25) is 0 Å². The number of aromatic nitrogens is 3. The molecule has 136 valence electrons. The second kappa shape index (κ2) is 6.58. The van der Waals surface area contributed by atoms with Gasteiger partial charge in [0.15, 0.2) is 0 Å². The minimum atomic E-state index is 0.481. The van der Waals surface area contributed by atoms with Gasteiger partial charge in [0.1, 0.15) is 22.7 Å². The van der Waals surface area contributed by atoms with Crippen LogP contribution in [0.1, 0.15) is 0 Å². The number of hydrogen-bond donors (Lipinski definition) is 1. The highest BCUT2D eigenvalue weighted by Crippen LogP contribution is 2.41. The molecule has 5 nitrogen and oxygen atoms in total. The molecule has 0 radical (unpaired) electrons. The zero-order valence-corrected chi connectivity index (χ0v) is 15.9. The van der Waals surface area contributed by atoms with Crippen LogP contribution in [-0.2, 0) is 0 Å². The first-order chi connectivity index (χ1) is 13.7. The molecule has 0 amide bonds. The standard InChI is InChI=1S/C22H16N4OS/c1-27-15-9-7-13(8-10-15)16-11-17(14-5-3-2-4-6-14)26-22-18(16)19-20(28-22)21(23)25-12-24-19/h2-12H,1H3,(H2,23,24,25). The number of methoxy groups -OCH3 is 1. The highest BCUT2D eigenvalue weighted by atomic mass is 32.1. The summed E-state index contributed by atoms with van der Waals surface area (Å²) in [7, 11) is 1.67. The van der Waals surface area contributed by atoms with Crippen LogP contribution >= 0.6 is 11.3 Å². The Labute approximate surface area is 165 Å². The third-order valence-corrected chi connectivity index (χ3v) is 5.82. The smallest absolute Gasteiger partial charge is 0.144 e. The Morgan fingerprint density at radius 1 is 0.929 bits per heavy atom. The summed E-state index contributed by atoms with van der Waals surface area (Å²) in [5, 5.41) is 0.999. The summed E-state index contributed by atoms with van der Waals surface area (Å²) in [5.41, 5.74) is 11.1. The van der Waals surface area contributed by atoms with Gasteiger partial charge in [-0.3, -0.25) is 0 Å². The van der Waals surface area contributed by atoms with Gasteiger partial charge in [0.2, 0.25) is 0 Å². The molecule has 0 bridgehead atoms. The van der Waals surface area contributed by atoms with E-state index in [4.69, 9.17) is 15.5 Å². The van der Waals surface area contributed by atoms with Crippen molar-refractivity contribution in [2.24, 2.45) is 0 Å². The number of hydrogen-bond acceptors (Lipinski definition) is 6. The predicted octanol–water partition coefficient (Wildman–Crippen LogP) is 5.16. The molecule has 0 saturated heterocycles. The average Bonchev–Trinajstić information content (AvgIpc) is 3.14. The summed E-state index contributed by atoms with van der Waals surface area (Å²) in [6, 6.07) is 20.3. The summed E-state index contributed by atoms with van der Waals surface area (Å²) in [5.74, 6) is 1.30. The SMILES string of the molecule is COc1ccc(-c2cc(-c3ccccc3)nc3sc4c(N)ncnc4c23)cc1. The van der Waals surface area contributed by atoms with Gasteiger partial charge < -0.3 is 10.5 Å². The second-order valence-corrected chi connectivity index (χ2v) is 7.37. The number of nitrogens with zero attached hydrogens (tertiary/aromatic N) is 3. The maximum Gasteiger partial charge on any atom is 0.144 e. The molecule has 2 N–H and O–H groups in total. The fourth-order valence-electron chi connectivity index (χ4n) is 3.34. The highest BCUT2D eigenvalue weighted by molar-refractivity contribution is 7.26. The maximum atomic E-state index is 6.11. The van der Waals surface area contributed by atoms with E-state index >= 15 is 0 Å². The van der Waals surface area contributed by atoms with Crippen LogP contribution in [0, 0.1) is 0 Å². The zero-order chi connectivity index (χ0) is 19.1. The van der Waals surface area contributed by atoms with Gasteiger partial charge >= 0.3 is 0 Å². The lowest BCUT2D eigenvalue weighted by Gasteiger charge is -2.09. The Bertz CT molecular complexity index is 1300. The van der Waals surface area contributed by atoms with Crippen molar-refractivity contribution in [1.29, 1.82) is 0 Å². The monoisotopic (exact) mass is 384 g/mol. The molecule has 0 aliphatic rings. The van der Waals surface area contributed by atoms with Crippen LogP contribution in [0.3, 0.4) is 0 Å². The van der Waals surface area contributed by atoms with E-state index in [1.165, 1.54) is 17.7 Å². The first-order valence-corrected chi connectivity index (χ1v) is 9.60. The number of thiophene rings is 1. The minimum Gasteiger partial charge on any atom is -0.497 e. The summed E-state index contributed by atoms with van der Waals surface area (Å²) in [6.45, 7) is 0. The topological polar surface area (TPSA) is 73.9 Å². The molecule has 0 atom stereocenters. The van der Waals surface area contributed by atoms with Crippen LogP contribution in [0.25, 0.3) is 42.8 Å². The predicted molar refractivity (Wildman–Crippen MR) is 115 cm³/mol. The fraction of sp³-hybridized carbons (Fsp3) is 0.0455. The van der Waals surface area contributed by atoms with Crippen molar-refractivity contribution in [1.82, 2.24) is 15.0 Å².